The van der Waals surface area contributed by atoms with Gasteiger partial charge >= 0.3 is 0 Å². The van der Waals surface area contributed by atoms with E-state index in [2.05, 4.69) is 25.3 Å². The van der Waals surface area contributed by atoms with Gasteiger partial charge in [0.05, 0.1) is 35.2 Å². The van der Waals surface area contributed by atoms with Gasteiger partial charge in [0, 0.05) is 18.9 Å². The molecule has 0 bridgehead atoms. The lowest BCUT2D eigenvalue weighted by molar-refractivity contribution is 0.390. The van der Waals surface area contributed by atoms with E-state index < -0.39 is 21.9 Å². The normalized spacial score (nSPS) is 17.5. The van der Waals surface area contributed by atoms with Crippen molar-refractivity contribution in [3.05, 3.63) is 66.8 Å². The average molecular weight is 400 g/mol. The Kier molecular flexibility index (Phi) is 4.97. The van der Waals surface area contributed by atoms with Crippen LogP contribution in [0.5, 0.6) is 0 Å². The first kappa shape index (κ1) is 18.4. The minimum atomic E-state index is -3.77. The van der Waals surface area contributed by atoms with Gasteiger partial charge in [-0.15, -0.1) is 0 Å². The second-order valence-corrected chi connectivity index (χ2v) is 8.16. The predicted octanol–water partition coefficient (Wildman–Crippen LogP) is 2.68. The molecule has 0 radical (unpaired) electrons. The summed E-state index contributed by atoms with van der Waals surface area (Å²) in [5, 5.41) is 3.00. The maximum Gasteiger partial charge on any atom is 0.243 e. The molecule has 8 nitrogen and oxygen atoms in total. The zero-order valence-corrected chi connectivity index (χ0v) is 15.6. The lowest BCUT2D eigenvalue weighted by Crippen LogP contribution is -2.31. The van der Waals surface area contributed by atoms with Gasteiger partial charge in [-0.2, -0.15) is 4.31 Å². The van der Waals surface area contributed by atoms with E-state index in [0.717, 1.165) is 12.1 Å². The number of hydrogen-bond donors (Lipinski definition) is 1. The van der Waals surface area contributed by atoms with Crippen LogP contribution in [0.2, 0.25) is 0 Å². The number of halogens is 1. The molecule has 1 aliphatic heterocycles. The monoisotopic (exact) mass is 400 g/mol. The SMILES string of the molecule is O=S(=O)(c1ccc(F)cc1)N1CCC[C@@H]1c1cncc(Nc2cnccn2)n1. The zero-order valence-electron chi connectivity index (χ0n) is 14.7. The number of hydrogen-bond acceptors (Lipinski definition) is 7. The molecule has 3 aromatic rings. The average Bonchev–Trinajstić information content (AvgIpc) is 3.20. The molecule has 10 heteroatoms. The van der Waals surface area contributed by atoms with E-state index in [0.29, 0.717) is 36.7 Å². The summed E-state index contributed by atoms with van der Waals surface area (Å²) in [4.78, 5) is 16.9. The fraction of sp³-hybridized carbons (Fsp3) is 0.222. The van der Waals surface area contributed by atoms with Gasteiger partial charge in [0.1, 0.15) is 17.5 Å². The van der Waals surface area contributed by atoms with Crippen molar-refractivity contribution in [2.75, 3.05) is 11.9 Å². The van der Waals surface area contributed by atoms with E-state index in [1.807, 2.05) is 0 Å². The molecule has 1 aliphatic rings. The standard InChI is InChI=1S/C18H17FN6O2S/c19-13-3-5-14(6-4-13)28(26,27)25-9-1-2-16(25)15-10-21-12-18(23-15)24-17-11-20-7-8-22-17/h3-8,10-12,16H,1-2,9H2,(H,22,23,24)/t16-/m1/s1. The minimum absolute atomic E-state index is 0.0580. The predicted molar refractivity (Wildman–Crippen MR) is 99.6 cm³/mol. The van der Waals surface area contributed by atoms with Crippen LogP contribution in [0.1, 0.15) is 24.6 Å². The largest absolute Gasteiger partial charge is 0.322 e. The van der Waals surface area contributed by atoms with Crippen molar-refractivity contribution in [3.8, 4) is 0 Å². The highest BCUT2D eigenvalue weighted by atomic mass is 32.2. The van der Waals surface area contributed by atoms with E-state index in [4.69, 9.17) is 0 Å². The molecule has 2 aromatic heterocycles. The van der Waals surface area contributed by atoms with Crippen molar-refractivity contribution in [2.24, 2.45) is 0 Å². The van der Waals surface area contributed by atoms with Crippen LogP contribution in [0.4, 0.5) is 16.0 Å². The Labute approximate surface area is 161 Å². The lowest BCUT2D eigenvalue weighted by Gasteiger charge is -2.23. The number of benzene rings is 1. The molecule has 1 aromatic carbocycles. The van der Waals surface area contributed by atoms with Crippen LogP contribution in [0.3, 0.4) is 0 Å². The van der Waals surface area contributed by atoms with E-state index in [1.54, 1.807) is 24.8 Å². The topological polar surface area (TPSA) is 101 Å². The van der Waals surface area contributed by atoms with Gasteiger partial charge in [-0.3, -0.25) is 9.97 Å². The van der Waals surface area contributed by atoms with Gasteiger partial charge in [0.2, 0.25) is 10.0 Å². The van der Waals surface area contributed by atoms with E-state index in [9.17, 15) is 12.8 Å². The van der Waals surface area contributed by atoms with Crippen LogP contribution in [-0.4, -0.2) is 39.2 Å². The number of nitrogens with zero attached hydrogens (tertiary/aromatic N) is 5. The molecule has 1 fully saturated rings. The highest BCUT2D eigenvalue weighted by Crippen LogP contribution is 2.35. The van der Waals surface area contributed by atoms with E-state index in [1.165, 1.54) is 22.6 Å². The molecule has 4 rings (SSSR count). The van der Waals surface area contributed by atoms with Crippen molar-refractivity contribution in [1.29, 1.82) is 0 Å². The summed E-state index contributed by atoms with van der Waals surface area (Å²) in [6.45, 7) is 0.369. The molecule has 0 saturated carbocycles. The highest BCUT2D eigenvalue weighted by Gasteiger charge is 2.37. The van der Waals surface area contributed by atoms with Gasteiger partial charge in [0.25, 0.3) is 0 Å². The summed E-state index contributed by atoms with van der Waals surface area (Å²) < 4.78 is 40.6. The molecule has 0 unspecified atom stereocenters. The molecule has 1 saturated heterocycles. The Morgan fingerprint density at radius 3 is 2.57 bits per heavy atom. The van der Waals surface area contributed by atoms with Crippen molar-refractivity contribution in [3.63, 3.8) is 0 Å². The Morgan fingerprint density at radius 2 is 1.82 bits per heavy atom. The Hall–Kier alpha value is -2.98. The summed E-state index contributed by atoms with van der Waals surface area (Å²) in [6.07, 6.45) is 9.09. The van der Waals surface area contributed by atoms with Crippen LogP contribution in [0.15, 0.2) is 60.1 Å². The number of sulfonamides is 1. The molecule has 1 atom stereocenters. The smallest absolute Gasteiger partial charge is 0.243 e. The Balaban J connectivity index is 1.61. The van der Waals surface area contributed by atoms with Crippen LogP contribution in [0.25, 0.3) is 0 Å². The second kappa shape index (κ2) is 7.56. The van der Waals surface area contributed by atoms with Crippen molar-refractivity contribution in [1.82, 2.24) is 24.2 Å². The fourth-order valence-electron chi connectivity index (χ4n) is 3.16. The summed E-state index contributed by atoms with van der Waals surface area (Å²) >= 11 is 0. The van der Waals surface area contributed by atoms with Crippen molar-refractivity contribution >= 4 is 21.7 Å². The summed E-state index contributed by atoms with van der Waals surface area (Å²) in [5.41, 5.74) is 0.539. The Bertz CT molecular complexity index is 1060. The molecule has 144 valence electrons. The van der Waals surface area contributed by atoms with E-state index >= 15 is 0 Å². The molecule has 28 heavy (non-hydrogen) atoms. The van der Waals surface area contributed by atoms with Crippen molar-refractivity contribution < 1.29 is 12.8 Å². The number of aromatic nitrogens is 4. The number of rotatable bonds is 5. The number of nitrogens with one attached hydrogen (secondary N) is 1. The maximum atomic E-state index is 13.2. The van der Waals surface area contributed by atoms with Crippen LogP contribution >= 0.6 is 0 Å². The highest BCUT2D eigenvalue weighted by molar-refractivity contribution is 7.89. The van der Waals surface area contributed by atoms with Crippen molar-refractivity contribution in [2.45, 2.75) is 23.8 Å². The molecule has 0 spiro atoms. The molecule has 0 aliphatic carbocycles. The first-order valence-electron chi connectivity index (χ1n) is 8.66. The molecular formula is C18H17FN6O2S. The quantitative estimate of drug-likeness (QED) is 0.703. The third-order valence-electron chi connectivity index (χ3n) is 4.44. The van der Waals surface area contributed by atoms with Gasteiger partial charge < -0.3 is 5.32 Å². The molecular weight excluding hydrogens is 383 g/mol. The van der Waals surface area contributed by atoms with Crippen LogP contribution < -0.4 is 5.32 Å². The molecule has 1 N–H and O–H groups in total. The summed E-state index contributed by atoms with van der Waals surface area (Å²) in [7, 11) is -3.77. The number of anilines is 2. The second-order valence-electron chi connectivity index (χ2n) is 6.27. The summed E-state index contributed by atoms with van der Waals surface area (Å²) in [6, 6.07) is 4.40. The lowest BCUT2D eigenvalue weighted by atomic mass is 10.2. The zero-order chi connectivity index (χ0) is 19.6. The summed E-state index contributed by atoms with van der Waals surface area (Å²) in [5.74, 6) is 0.478. The molecule has 3 heterocycles. The van der Waals surface area contributed by atoms with Gasteiger partial charge in [-0.25, -0.2) is 22.8 Å². The third kappa shape index (κ3) is 3.69. The van der Waals surface area contributed by atoms with Crippen LogP contribution in [-0.2, 0) is 10.0 Å². The van der Waals surface area contributed by atoms with Crippen LogP contribution in [0, 0.1) is 5.82 Å². The fourth-order valence-corrected chi connectivity index (χ4v) is 4.83. The molecule has 0 amide bonds. The first-order valence-corrected chi connectivity index (χ1v) is 10.1. The first-order chi connectivity index (χ1) is 13.5. The minimum Gasteiger partial charge on any atom is -0.322 e. The third-order valence-corrected chi connectivity index (χ3v) is 6.36. The maximum absolute atomic E-state index is 13.2. The van der Waals surface area contributed by atoms with Gasteiger partial charge in [0.15, 0.2) is 0 Å². The van der Waals surface area contributed by atoms with Gasteiger partial charge in [-0.1, -0.05) is 0 Å². The van der Waals surface area contributed by atoms with E-state index in [-0.39, 0.29) is 4.90 Å². The van der Waals surface area contributed by atoms with Gasteiger partial charge in [-0.05, 0) is 37.1 Å². The Morgan fingerprint density at radius 1 is 1.04 bits per heavy atom.